The van der Waals surface area contributed by atoms with Gasteiger partial charge in [0.25, 0.3) is 0 Å². The summed E-state index contributed by atoms with van der Waals surface area (Å²) in [4.78, 5) is 13.1. The van der Waals surface area contributed by atoms with Crippen LogP contribution in [0.5, 0.6) is 0 Å². The summed E-state index contributed by atoms with van der Waals surface area (Å²) in [5, 5.41) is 11.0. The Labute approximate surface area is 106 Å². The molecule has 1 aromatic carbocycles. The van der Waals surface area contributed by atoms with Crippen LogP contribution in [-0.4, -0.2) is 34.8 Å². The molecule has 1 aliphatic heterocycles. The normalized spacial score (nSPS) is 26.2. The van der Waals surface area contributed by atoms with E-state index in [1.807, 2.05) is 18.2 Å². The van der Waals surface area contributed by atoms with Crippen LogP contribution in [-0.2, 0) is 10.5 Å². The SMILES string of the molecule is CC1(C)OC(=O)N(CCN)C1(O)c1ccccc1. The summed E-state index contributed by atoms with van der Waals surface area (Å²) >= 11 is 0. The Morgan fingerprint density at radius 1 is 1.33 bits per heavy atom. The van der Waals surface area contributed by atoms with Crippen LogP contribution in [0.15, 0.2) is 30.3 Å². The lowest BCUT2D eigenvalue weighted by Gasteiger charge is -2.38. The fourth-order valence-corrected chi connectivity index (χ4v) is 2.36. The molecule has 1 heterocycles. The highest BCUT2D eigenvalue weighted by Gasteiger charge is 2.60. The molecule has 0 spiro atoms. The molecule has 0 radical (unpaired) electrons. The predicted molar refractivity (Wildman–Crippen MR) is 66.7 cm³/mol. The lowest BCUT2D eigenvalue weighted by atomic mass is 9.87. The molecule has 0 aliphatic carbocycles. The molecule has 0 saturated carbocycles. The number of hydrogen-bond acceptors (Lipinski definition) is 4. The van der Waals surface area contributed by atoms with E-state index in [2.05, 4.69) is 0 Å². The van der Waals surface area contributed by atoms with Crippen LogP contribution in [0.4, 0.5) is 4.79 Å². The summed E-state index contributed by atoms with van der Waals surface area (Å²) < 4.78 is 5.27. The Hall–Kier alpha value is -1.59. The smallest absolute Gasteiger partial charge is 0.413 e. The molecular formula is C13H18N2O3. The molecule has 3 N–H and O–H groups in total. The first-order valence-electron chi connectivity index (χ1n) is 5.92. The van der Waals surface area contributed by atoms with Gasteiger partial charge in [-0.3, -0.25) is 4.90 Å². The minimum absolute atomic E-state index is 0.244. The van der Waals surface area contributed by atoms with Crippen molar-refractivity contribution < 1.29 is 14.6 Å². The number of cyclic esters (lactones) is 1. The Kier molecular flexibility index (Phi) is 3.04. The molecule has 1 amide bonds. The van der Waals surface area contributed by atoms with E-state index in [9.17, 15) is 9.90 Å². The zero-order valence-corrected chi connectivity index (χ0v) is 10.6. The quantitative estimate of drug-likeness (QED) is 0.839. The largest absolute Gasteiger partial charge is 0.438 e. The Balaban J connectivity index is 2.52. The van der Waals surface area contributed by atoms with Crippen LogP contribution < -0.4 is 5.73 Å². The summed E-state index contributed by atoms with van der Waals surface area (Å²) in [7, 11) is 0. The number of amides is 1. The molecular weight excluding hydrogens is 232 g/mol. The number of aliphatic hydroxyl groups is 1. The van der Waals surface area contributed by atoms with Crippen molar-refractivity contribution in [3.63, 3.8) is 0 Å². The third-order valence-corrected chi connectivity index (χ3v) is 3.32. The number of hydrogen-bond donors (Lipinski definition) is 2. The van der Waals surface area contributed by atoms with Gasteiger partial charge in [-0.15, -0.1) is 0 Å². The number of ether oxygens (including phenoxy) is 1. The zero-order valence-electron chi connectivity index (χ0n) is 10.6. The molecule has 0 aromatic heterocycles. The lowest BCUT2D eigenvalue weighted by Crippen LogP contribution is -2.54. The highest BCUT2D eigenvalue weighted by Crippen LogP contribution is 2.44. The van der Waals surface area contributed by atoms with E-state index in [1.54, 1.807) is 26.0 Å². The molecule has 5 heteroatoms. The number of nitrogens with zero attached hydrogens (tertiary/aromatic N) is 1. The maximum Gasteiger partial charge on any atom is 0.413 e. The molecule has 2 rings (SSSR count). The summed E-state index contributed by atoms with van der Waals surface area (Å²) in [6.45, 7) is 3.89. The number of nitrogens with two attached hydrogens (primary N) is 1. The molecule has 1 aliphatic rings. The average Bonchev–Trinajstić information content (AvgIpc) is 2.51. The van der Waals surface area contributed by atoms with Crippen molar-refractivity contribution in [1.82, 2.24) is 4.90 Å². The van der Waals surface area contributed by atoms with Crippen LogP contribution >= 0.6 is 0 Å². The predicted octanol–water partition coefficient (Wildman–Crippen LogP) is 1.02. The van der Waals surface area contributed by atoms with Gasteiger partial charge < -0.3 is 15.6 Å². The first kappa shape index (κ1) is 12.9. The first-order valence-corrected chi connectivity index (χ1v) is 5.92. The summed E-state index contributed by atoms with van der Waals surface area (Å²) in [5.74, 6) is 0. The van der Waals surface area contributed by atoms with Crippen molar-refractivity contribution in [2.45, 2.75) is 25.2 Å². The van der Waals surface area contributed by atoms with E-state index < -0.39 is 17.4 Å². The van der Waals surface area contributed by atoms with E-state index in [0.717, 1.165) is 0 Å². The van der Waals surface area contributed by atoms with Crippen molar-refractivity contribution >= 4 is 6.09 Å². The van der Waals surface area contributed by atoms with Crippen LogP contribution in [0.1, 0.15) is 19.4 Å². The molecule has 1 atom stereocenters. The maximum atomic E-state index is 11.9. The number of carbonyl (C=O) groups excluding carboxylic acids is 1. The van der Waals surface area contributed by atoms with Gasteiger partial charge in [-0.05, 0) is 13.8 Å². The second kappa shape index (κ2) is 4.26. The van der Waals surface area contributed by atoms with Gasteiger partial charge in [0.15, 0.2) is 5.60 Å². The van der Waals surface area contributed by atoms with Gasteiger partial charge in [0.05, 0.1) is 0 Å². The highest BCUT2D eigenvalue weighted by molar-refractivity contribution is 5.72. The number of rotatable bonds is 3. The lowest BCUT2D eigenvalue weighted by molar-refractivity contribution is -0.148. The number of benzene rings is 1. The second-order valence-electron chi connectivity index (χ2n) is 4.86. The van der Waals surface area contributed by atoms with Crippen LogP contribution in [0.2, 0.25) is 0 Å². The summed E-state index contributed by atoms with van der Waals surface area (Å²) in [6, 6.07) is 9.02. The maximum absolute atomic E-state index is 11.9. The van der Waals surface area contributed by atoms with Crippen LogP contribution in [0.3, 0.4) is 0 Å². The zero-order chi connectivity index (χ0) is 13.4. The molecule has 1 saturated heterocycles. The third kappa shape index (κ3) is 1.67. The second-order valence-corrected chi connectivity index (χ2v) is 4.86. The Bertz CT molecular complexity index is 447. The van der Waals surface area contributed by atoms with E-state index in [4.69, 9.17) is 10.5 Å². The molecule has 18 heavy (non-hydrogen) atoms. The molecule has 98 valence electrons. The van der Waals surface area contributed by atoms with E-state index in [0.29, 0.717) is 5.56 Å². The van der Waals surface area contributed by atoms with Crippen molar-refractivity contribution in [3.05, 3.63) is 35.9 Å². The highest BCUT2D eigenvalue weighted by atomic mass is 16.6. The molecule has 1 aromatic rings. The van der Waals surface area contributed by atoms with Gasteiger partial charge in [-0.2, -0.15) is 0 Å². The molecule has 1 fully saturated rings. The van der Waals surface area contributed by atoms with E-state index >= 15 is 0 Å². The Morgan fingerprint density at radius 3 is 2.50 bits per heavy atom. The van der Waals surface area contributed by atoms with Crippen molar-refractivity contribution in [3.8, 4) is 0 Å². The van der Waals surface area contributed by atoms with E-state index in [-0.39, 0.29) is 13.1 Å². The summed E-state index contributed by atoms with van der Waals surface area (Å²) in [6.07, 6.45) is -0.545. The topological polar surface area (TPSA) is 75.8 Å². The van der Waals surface area contributed by atoms with Gasteiger partial charge in [0.1, 0.15) is 0 Å². The molecule has 1 unspecified atom stereocenters. The van der Waals surface area contributed by atoms with Crippen molar-refractivity contribution in [1.29, 1.82) is 0 Å². The van der Waals surface area contributed by atoms with Gasteiger partial charge in [0, 0.05) is 18.7 Å². The fraction of sp³-hybridized carbons (Fsp3) is 0.462. The molecule has 0 bridgehead atoms. The minimum atomic E-state index is -1.50. The third-order valence-electron chi connectivity index (χ3n) is 3.32. The minimum Gasteiger partial charge on any atom is -0.438 e. The van der Waals surface area contributed by atoms with Crippen LogP contribution in [0, 0.1) is 0 Å². The van der Waals surface area contributed by atoms with Gasteiger partial charge in [-0.1, -0.05) is 30.3 Å². The van der Waals surface area contributed by atoms with Crippen molar-refractivity contribution in [2.24, 2.45) is 5.73 Å². The average molecular weight is 250 g/mol. The monoisotopic (exact) mass is 250 g/mol. The molecule has 5 nitrogen and oxygen atoms in total. The van der Waals surface area contributed by atoms with Gasteiger partial charge in [-0.25, -0.2) is 4.79 Å². The van der Waals surface area contributed by atoms with Crippen LogP contribution in [0.25, 0.3) is 0 Å². The fourth-order valence-electron chi connectivity index (χ4n) is 2.36. The van der Waals surface area contributed by atoms with E-state index in [1.165, 1.54) is 4.90 Å². The van der Waals surface area contributed by atoms with Crippen molar-refractivity contribution in [2.75, 3.05) is 13.1 Å². The van der Waals surface area contributed by atoms with Gasteiger partial charge in [0.2, 0.25) is 5.72 Å². The Morgan fingerprint density at radius 2 is 1.94 bits per heavy atom. The number of carbonyl (C=O) groups is 1. The van der Waals surface area contributed by atoms with Gasteiger partial charge >= 0.3 is 6.09 Å². The summed E-state index contributed by atoms with van der Waals surface area (Å²) in [5.41, 5.74) is 3.59. The first-order chi connectivity index (χ1) is 8.43. The standard InChI is InChI=1S/C13H18N2O3/c1-12(2)13(17,10-6-4-3-5-7-10)15(9-8-14)11(16)18-12/h3-7,17H,8-9,14H2,1-2H3.